The van der Waals surface area contributed by atoms with Gasteiger partial charge >= 0.3 is 0 Å². The summed E-state index contributed by atoms with van der Waals surface area (Å²) in [7, 11) is 0. The quantitative estimate of drug-likeness (QED) is 0.842. The average molecular weight is 336 g/mol. The van der Waals surface area contributed by atoms with Gasteiger partial charge in [0.2, 0.25) is 0 Å². The van der Waals surface area contributed by atoms with Crippen LogP contribution in [0.4, 0.5) is 0 Å². The van der Waals surface area contributed by atoms with Gasteiger partial charge in [0, 0.05) is 17.6 Å². The van der Waals surface area contributed by atoms with Crippen molar-refractivity contribution in [3.05, 3.63) is 58.1 Å². The highest BCUT2D eigenvalue weighted by Crippen LogP contribution is 2.26. The summed E-state index contributed by atoms with van der Waals surface area (Å²) in [6.07, 6.45) is 0. The average Bonchev–Trinajstić information content (AvgIpc) is 2.43. The molecule has 3 nitrogen and oxygen atoms in total. The number of nitrogens with one attached hydrogen (secondary N) is 1. The zero-order valence-corrected chi connectivity index (χ0v) is 13.0. The van der Waals surface area contributed by atoms with Crippen LogP contribution in [-0.4, -0.2) is 11.7 Å². The van der Waals surface area contributed by atoms with Gasteiger partial charge in [-0.25, -0.2) is 0 Å². The minimum absolute atomic E-state index is 0.183. The Kier molecular flexibility index (Phi) is 5.44. The number of hydrogen-bond acceptors (Lipinski definition) is 3. The first-order valence-corrected chi connectivity index (χ1v) is 7.38. The Morgan fingerprint density at radius 1 is 1.10 bits per heavy atom. The lowest BCUT2D eigenvalue weighted by molar-refractivity contribution is 0.317. The van der Waals surface area contributed by atoms with Crippen LogP contribution in [-0.2, 0) is 13.1 Å². The molecule has 2 aromatic rings. The molecule has 106 valence electrons. The maximum Gasteiger partial charge on any atom is 0.161 e. The van der Waals surface area contributed by atoms with E-state index in [-0.39, 0.29) is 5.75 Å². The smallest absolute Gasteiger partial charge is 0.161 e. The van der Waals surface area contributed by atoms with E-state index in [1.807, 2.05) is 31.2 Å². The monoisotopic (exact) mass is 335 g/mol. The van der Waals surface area contributed by atoms with Crippen LogP contribution in [0.1, 0.15) is 18.1 Å². The lowest BCUT2D eigenvalue weighted by atomic mass is 10.2. The molecule has 0 saturated carbocycles. The largest absolute Gasteiger partial charge is 0.504 e. The molecule has 0 bridgehead atoms. The SMILES string of the molecule is CCOc1cc(CNCc2cccc(Br)c2)ccc1O. The molecule has 0 heterocycles. The van der Waals surface area contributed by atoms with E-state index in [4.69, 9.17) is 4.74 Å². The van der Waals surface area contributed by atoms with E-state index in [1.165, 1.54) is 5.56 Å². The van der Waals surface area contributed by atoms with Crippen molar-refractivity contribution in [2.24, 2.45) is 0 Å². The molecule has 0 saturated heterocycles. The molecule has 0 aliphatic heterocycles. The molecule has 0 aliphatic rings. The van der Waals surface area contributed by atoms with E-state index in [0.717, 1.165) is 23.1 Å². The van der Waals surface area contributed by atoms with Crippen LogP contribution in [0, 0.1) is 0 Å². The molecule has 0 fully saturated rings. The first-order chi connectivity index (χ1) is 9.69. The Bertz CT molecular complexity index is 572. The highest BCUT2D eigenvalue weighted by atomic mass is 79.9. The number of ether oxygens (including phenoxy) is 1. The molecule has 0 spiro atoms. The predicted octanol–water partition coefficient (Wildman–Crippen LogP) is 3.84. The Balaban J connectivity index is 1.92. The highest BCUT2D eigenvalue weighted by molar-refractivity contribution is 9.10. The first kappa shape index (κ1) is 14.9. The predicted molar refractivity (Wildman–Crippen MR) is 84.0 cm³/mol. The summed E-state index contributed by atoms with van der Waals surface area (Å²) in [6.45, 7) is 3.97. The molecule has 0 atom stereocenters. The molecule has 20 heavy (non-hydrogen) atoms. The van der Waals surface area contributed by atoms with Crippen molar-refractivity contribution in [2.75, 3.05) is 6.61 Å². The van der Waals surface area contributed by atoms with Crippen molar-refractivity contribution >= 4 is 15.9 Å². The van der Waals surface area contributed by atoms with Gasteiger partial charge in [0.25, 0.3) is 0 Å². The van der Waals surface area contributed by atoms with E-state index in [9.17, 15) is 5.11 Å². The molecule has 2 N–H and O–H groups in total. The van der Waals surface area contributed by atoms with Gasteiger partial charge in [-0.3, -0.25) is 0 Å². The van der Waals surface area contributed by atoms with E-state index in [2.05, 4.69) is 33.4 Å². The van der Waals surface area contributed by atoms with Crippen LogP contribution in [0.3, 0.4) is 0 Å². The topological polar surface area (TPSA) is 41.5 Å². The fourth-order valence-electron chi connectivity index (χ4n) is 1.94. The molecule has 4 heteroatoms. The maximum absolute atomic E-state index is 9.65. The number of hydrogen-bond donors (Lipinski definition) is 2. The van der Waals surface area contributed by atoms with E-state index >= 15 is 0 Å². The molecule has 0 aromatic heterocycles. The highest BCUT2D eigenvalue weighted by Gasteiger charge is 2.03. The summed E-state index contributed by atoms with van der Waals surface area (Å²) in [5.41, 5.74) is 2.31. The number of phenolic OH excluding ortho intramolecular Hbond substituents is 1. The summed E-state index contributed by atoms with van der Waals surface area (Å²) < 4.78 is 6.46. The van der Waals surface area contributed by atoms with Crippen molar-refractivity contribution in [2.45, 2.75) is 20.0 Å². The lowest BCUT2D eigenvalue weighted by Gasteiger charge is -2.09. The molecular formula is C16H18BrNO2. The minimum Gasteiger partial charge on any atom is -0.504 e. The number of benzene rings is 2. The maximum atomic E-state index is 9.65. The van der Waals surface area contributed by atoms with Crippen LogP contribution in [0.25, 0.3) is 0 Å². The van der Waals surface area contributed by atoms with Crippen molar-refractivity contribution in [1.29, 1.82) is 0 Å². The third-order valence-corrected chi connectivity index (χ3v) is 3.36. The first-order valence-electron chi connectivity index (χ1n) is 6.59. The summed E-state index contributed by atoms with van der Waals surface area (Å²) >= 11 is 3.46. The molecule has 0 amide bonds. The fraction of sp³-hybridized carbons (Fsp3) is 0.250. The van der Waals surface area contributed by atoms with Crippen LogP contribution in [0.5, 0.6) is 11.5 Å². The minimum atomic E-state index is 0.183. The van der Waals surface area contributed by atoms with E-state index < -0.39 is 0 Å². The van der Waals surface area contributed by atoms with Gasteiger partial charge in [-0.1, -0.05) is 34.1 Å². The van der Waals surface area contributed by atoms with Gasteiger partial charge in [0.1, 0.15) is 0 Å². The zero-order chi connectivity index (χ0) is 14.4. The molecule has 0 radical (unpaired) electrons. The van der Waals surface area contributed by atoms with Crippen LogP contribution in [0.15, 0.2) is 46.9 Å². The Hall–Kier alpha value is -1.52. The molecule has 2 rings (SSSR count). The van der Waals surface area contributed by atoms with Gasteiger partial charge in [-0.15, -0.1) is 0 Å². The Morgan fingerprint density at radius 2 is 1.85 bits per heavy atom. The Labute approximate surface area is 127 Å². The summed E-state index contributed by atoms with van der Waals surface area (Å²) in [6, 6.07) is 13.6. The molecule has 0 unspecified atom stereocenters. The third kappa shape index (κ3) is 4.25. The van der Waals surface area contributed by atoms with Crippen molar-refractivity contribution in [3.63, 3.8) is 0 Å². The summed E-state index contributed by atoms with van der Waals surface area (Å²) in [4.78, 5) is 0. The second-order valence-electron chi connectivity index (χ2n) is 4.47. The number of phenols is 1. The van der Waals surface area contributed by atoms with Crippen molar-refractivity contribution < 1.29 is 9.84 Å². The van der Waals surface area contributed by atoms with Gasteiger partial charge in [-0.2, -0.15) is 0 Å². The fourth-order valence-corrected chi connectivity index (χ4v) is 2.38. The number of rotatable bonds is 6. The van der Waals surface area contributed by atoms with Gasteiger partial charge < -0.3 is 15.2 Å². The second kappa shape index (κ2) is 7.31. The van der Waals surface area contributed by atoms with E-state index in [1.54, 1.807) is 6.07 Å². The summed E-state index contributed by atoms with van der Waals surface area (Å²) in [5.74, 6) is 0.719. The van der Waals surface area contributed by atoms with Gasteiger partial charge in [0.05, 0.1) is 6.61 Å². The molecule has 2 aromatic carbocycles. The van der Waals surface area contributed by atoms with Gasteiger partial charge in [0.15, 0.2) is 11.5 Å². The normalized spacial score (nSPS) is 10.5. The van der Waals surface area contributed by atoms with Gasteiger partial charge in [-0.05, 0) is 42.3 Å². The summed E-state index contributed by atoms with van der Waals surface area (Å²) in [5, 5.41) is 13.0. The van der Waals surface area contributed by atoms with Crippen molar-refractivity contribution in [1.82, 2.24) is 5.32 Å². The van der Waals surface area contributed by atoms with Crippen LogP contribution in [0.2, 0.25) is 0 Å². The third-order valence-electron chi connectivity index (χ3n) is 2.87. The van der Waals surface area contributed by atoms with Crippen molar-refractivity contribution in [3.8, 4) is 11.5 Å². The number of halogens is 1. The van der Waals surface area contributed by atoms with E-state index in [0.29, 0.717) is 12.4 Å². The molecule has 0 aliphatic carbocycles. The number of aromatic hydroxyl groups is 1. The standard InChI is InChI=1S/C16H18BrNO2/c1-2-20-16-9-13(6-7-15(16)19)11-18-10-12-4-3-5-14(17)8-12/h3-9,18-19H,2,10-11H2,1H3. The zero-order valence-electron chi connectivity index (χ0n) is 11.4. The van der Waals surface area contributed by atoms with Crippen LogP contribution >= 0.6 is 15.9 Å². The second-order valence-corrected chi connectivity index (χ2v) is 5.38. The van der Waals surface area contributed by atoms with Crippen LogP contribution < -0.4 is 10.1 Å². The lowest BCUT2D eigenvalue weighted by Crippen LogP contribution is -2.12. The molecular weight excluding hydrogens is 318 g/mol. The Morgan fingerprint density at radius 3 is 2.55 bits per heavy atom.